The number of aromatic nitrogens is 1. The van der Waals surface area contributed by atoms with Gasteiger partial charge in [0.05, 0.1) is 18.8 Å². The van der Waals surface area contributed by atoms with Gasteiger partial charge in [-0.3, -0.25) is 0 Å². The molecule has 2 rings (SSSR count). The smallest absolute Gasteiger partial charge is 0.191 e. The maximum Gasteiger partial charge on any atom is 0.191 e. The van der Waals surface area contributed by atoms with Crippen LogP contribution in [0.15, 0.2) is 33.8 Å². The minimum absolute atomic E-state index is 0.104. The number of benzene rings is 1. The Morgan fingerprint density at radius 3 is 2.56 bits per heavy atom. The van der Waals surface area contributed by atoms with Crippen LogP contribution in [0.2, 0.25) is 0 Å². The topological polar surface area (TPSA) is 71.7 Å². The van der Waals surface area contributed by atoms with Crippen LogP contribution in [0.4, 0.5) is 4.39 Å². The number of hydrogen-bond acceptors (Lipinski definition) is 4. The van der Waals surface area contributed by atoms with E-state index in [1.54, 1.807) is 12.1 Å². The van der Waals surface area contributed by atoms with E-state index in [0.29, 0.717) is 24.8 Å². The van der Waals surface area contributed by atoms with Crippen LogP contribution in [0, 0.1) is 5.82 Å². The lowest BCUT2D eigenvalue weighted by molar-refractivity contribution is 0.223. The number of ether oxygens (including phenoxy) is 1. The first-order chi connectivity index (χ1) is 13.1. The molecule has 0 saturated heterocycles. The van der Waals surface area contributed by atoms with Crippen LogP contribution in [0.1, 0.15) is 44.7 Å². The number of aliphatic imine (C=N–C) groups is 1. The average Bonchev–Trinajstić information content (AvgIpc) is 3.07. The third kappa shape index (κ3) is 6.27. The van der Waals surface area contributed by atoms with E-state index in [-0.39, 0.29) is 11.9 Å². The number of nitrogens with one attached hydrogen (secondary N) is 2. The van der Waals surface area contributed by atoms with Crippen LogP contribution >= 0.6 is 0 Å². The number of guanidine groups is 1. The maximum absolute atomic E-state index is 13.0. The van der Waals surface area contributed by atoms with Crippen molar-refractivity contribution in [2.75, 3.05) is 13.1 Å². The Morgan fingerprint density at radius 2 is 1.93 bits per heavy atom. The van der Waals surface area contributed by atoms with Gasteiger partial charge < -0.3 is 19.9 Å². The molecular weight excluding hydrogens is 347 g/mol. The summed E-state index contributed by atoms with van der Waals surface area (Å²) in [6, 6.07) is 6.01. The van der Waals surface area contributed by atoms with Crippen LogP contribution < -0.4 is 15.4 Å². The van der Waals surface area contributed by atoms with E-state index < -0.39 is 0 Å². The lowest BCUT2D eigenvalue weighted by atomic mass is 10.1. The number of nitrogens with zero attached hydrogens (tertiary/aromatic N) is 2. The lowest BCUT2D eigenvalue weighted by Gasteiger charge is -2.17. The lowest BCUT2D eigenvalue weighted by Crippen LogP contribution is -2.41. The van der Waals surface area contributed by atoms with Gasteiger partial charge in [-0.15, -0.1) is 0 Å². The number of hydrogen-bond donors (Lipinski definition) is 2. The molecule has 1 aromatic carbocycles. The van der Waals surface area contributed by atoms with Gasteiger partial charge in [-0.25, -0.2) is 9.38 Å². The summed E-state index contributed by atoms with van der Waals surface area (Å²) < 4.78 is 24.1. The van der Waals surface area contributed by atoms with Gasteiger partial charge in [-0.1, -0.05) is 19.0 Å². The molecule has 27 heavy (non-hydrogen) atoms. The SMILES string of the molecule is CCNC(=NCc1c(CC)noc1CC)NCC(C)Oc1ccc(F)cc1. The first-order valence-corrected chi connectivity index (χ1v) is 9.48. The van der Waals surface area contributed by atoms with E-state index in [4.69, 9.17) is 9.26 Å². The molecule has 1 heterocycles. The van der Waals surface area contributed by atoms with Crippen molar-refractivity contribution in [2.24, 2.45) is 4.99 Å². The summed E-state index contributed by atoms with van der Waals surface area (Å²) in [5.74, 6) is 1.95. The van der Waals surface area contributed by atoms with Crippen molar-refractivity contribution in [3.05, 3.63) is 47.1 Å². The molecule has 7 heteroatoms. The average molecular weight is 376 g/mol. The molecule has 2 N–H and O–H groups in total. The molecule has 0 aliphatic rings. The highest BCUT2D eigenvalue weighted by molar-refractivity contribution is 5.79. The Morgan fingerprint density at radius 1 is 1.19 bits per heavy atom. The summed E-state index contributed by atoms with van der Waals surface area (Å²) in [7, 11) is 0. The predicted molar refractivity (Wildman–Crippen MR) is 105 cm³/mol. The quantitative estimate of drug-likeness (QED) is 0.518. The monoisotopic (exact) mass is 376 g/mol. The highest BCUT2D eigenvalue weighted by Gasteiger charge is 2.13. The second kappa shape index (κ2) is 10.5. The standard InChI is InChI=1S/C20H29FN4O2/c1-5-18-17(19(6-2)27-25-18)13-24-20(22-7-3)23-12-14(4)26-16-10-8-15(21)9-11-16/h8-11,14H,5-7,12-13H2,1-4H3,(H2,22,23,24). The molecular formula is C20H29FN4O2. The maximum atomic E-state index is 13.0. The fourth-order valence-corrected chi connectivity index (χ4v) is 2.64. The van der Waals surface area contributed by atoms with E-state index in [1.165, 1.54) is 12.1 Å². The van der Waals surface area contributed by atoms with Crippen molar-refractivity contribution in [1.82, 2.24) is 15.8 Å². The van der Waals surface area contributed by atoms with Crippen LogP contribution in [0.25, 0.3) is 0 Å². The van der Waals surface area contributed by atoms with Gasteiger partial charge in [-0.2, -0.15) is 0 Å². The molecule has 148 valence electrons. The number of halogens is 1. The Hall–Kier alpha value is -2.57. The number of rotatable bonds is 9. The van der Waals surface area contributed by atoms with E-state index in [0.717, 1.165) is 36.4 Å². The van der Waals surface area contributed by atoms with E-state index in [1.807, 2.05) is 20.8 Å². The summed E-state index contributed by atoms with van der Waals surface area (Å²) in [5, 5.41) is 10.6. The molecule has 0 aliphatic heterocycles. The Bertz CT molecular complexity index is 707. The summed E-state index contributed by atoms with van der Waals surface area (Å²) in [4.78, 5) is 4.65. The molecule has 1 aromatic heterocycles. The first kappa shape index (κ1) is 20.7. The highest BCUT2D eigenvalue weighted by atomic mass is 19.1. The van der Waals surface area contributed by atoms with Gasteiger partial charge in [0.2, 0.25) is 0 Å². The summed E-state index contributed by atoms with van der Waals surface area (Å²) >= 11 is 0. The molecule has 0 amide bonds. The zero-order valence-electron chi connectivity index (χ0n) is 16.5. The van der Waals surface area contributed by atoms with Gasteiger partial charge in [0.1, 0.15) is 23.4 Å². The minimum atomic E-state index is -0.277. The zero-order chi connectivity index (χ0) is 19.6. The minimum Gasteiger partial charge on any atom is -0.489 e. The van der Waals surface area contributed by atoms with E-state index in [2.05, 4.69) is 27.7 Å². The highest BCUT2D eigenvalue weighted by Crippen LogP contribution is 2.17. The molecule has 1 atom stereocenters. The van der Waals surface area contributed by atoms with E-state index in [9.17, 15) is 4.39 Å². The summed E-state index contributed by atoms with van der Waals surface area (Å²) in [6.07, 6.45) is 1.51. The van der Waals surface area contributed by atoms with Gasteiger partial charge in [-0.05, 0) is 44.5 Å². The molecule has 6 nitrogen and oxygen atoms in total. The third-order valence-corrected chi connectivity index (χ3v) is 4.05. The van der Waals surface area contributed by atoms with E-state index >= 15 is 0 Å². The number of aryl methyl sites for hydroxylation is 2. The first-order valence-electron chi connectivity index (χ1n) is 9.48. The van der Waals surface area contributed by atoms with Gasteiger partial charge >= 0.3 is 0 Å². The molecule has 0 spiro atoms. The second-order valence-electron chi connectivity index (χ2n) is 6.20. The second-order valence-corrected chi connectivity index (χ2v) is 6.20. The third-order valence-electron chi connectivity index (χ3n) is 4.05. The fourth-order valence-electron chi connectivity index (χ4n) is 2.64. The fraction of sp³-hybridized carbons (Fsp3) is 0.500. The predicted octanol–water partition coefficient (Wildman–Crippen LogP) is 3.46. The van der Waals surface area contributed by atoms with Crippen molar-refractivity contribution in [2.45, 2.75) is 53.2 Å². The van der Waals surface area contributed by atoms with Crippen molar-refractivity contribution < 1.29 is 13.7 Å². The summed E-state index contributed by atoms with van der Waals surface area (Å²) in [6.45, 7) is 9.90. The van der Waals surface area contributed by atoms with Crippen LogP contribution in [0.5, 0.6) is 5.75 Å². The van der Waals surface area contributed by atoms with Gasteiger partial charge in [0, 0.05) is 18.5 Å². The Kier molecular flexibility index (Phi) is 8.10. The Labute approximate surface area is 160 Å². The molecule has 0 radical (unpaired) electrons. The van der Waals surface area contributed by atoms with Crippen LogP contribution in [-0.4, -0.2) is 30.3 Å². The van der Waals surface area contributed by atoms with Crippen molar-refractivity contribution in [3.63, 3.8) is 0 Å². The zero-order valence-corrected chi connectivity index (χ0v) is 16.5. The molecule has 1 unspecified atom stereocenters. The molecule has 0 bridgehead atoms. The Balaban J connectivity index is 1.95. The summed E-state index contributed by atoms with van der Waals surface area (Å²) in [5.41, 5.74) is 2.02. The van der Waals surface area contributed by atoms with Crippen LogP contribution in [0.3, 0.4) is 0 Å². The largest absolute Gasteiger partial charge is 0.489 e. The molecule has 2 aromatic rings. The van der Waals surface area contributed by atoms with Crippen molar-refractivity contribution in [1.29, 1.82) is 0 Å². The molecule has 0 aliphatic carbocycles. The molecule has 0 fully saturated rings. The van der Waals surface area contributed by atoms with Gasteiger partial charge in [0.15, 0.2) is 5.96 Å². The van der Waals surface area contributed by atoms with Gasteiger partial charge in [0.25, 0.3) is 0 Å². The van der Waals surface area contributed by atoms with Crippen molar-refractivity contribution >= 4 is 5.96 Å². The molecule has 0 saturated carbocycles. The normalized spacial score (nSPS) is 12.7. The van der Waals surface area contributed by atoms with Crippen LogP contribution in [-0.2, 0) is 19.4 Å². The van der Waals surface area contributed by atoms with Crippen molar-refractivity contribution in [3.8, 4) is 5.75 Å².